The lowest BCUT2D eigenvalue weighted by atomic mass is 9.84. The fourth-order valence-electron chi connectivity index (χ4n) is 2.51. The van der Waals surface area contributed by atoms with E-state index >= 15 is 0 Å². The first-order chi connectivity index (χ1) is 10.1. The molecule has 0 aromatic rings. The van der Waals surface area contributed by atoms with E-state index in [0.29, 0.717) is 18.3 Å². The Bertz CT molecular complexity index is 412. The van der Waals surface area contributed by atoms with Crippen LogP contribution in [0, 0.1) is 5.92 Å². The summed E-state index contributed by atoms with van der Waals surface area (Å²) >= 11 is 5.34. The molecular weight excluding hydrogens is 290 g/mol. The van der Waals surface area contributed by atoms with Gasteiger partial charge in [0.1, 0.15) is 0 Å². The van der Waals surface area contributed by atoms with Gasteiger partial charge in [0.25, 0.3) is 0 Å². The molecule has 0 spiro atoms. The normalized spacial score (nSPS) is 18.3. The molecule has 2 rings (SSSR count). The Morgan fingerprint density at radius 2 is 1.95 bits per heavy atom. The quantitative estimate of drug-likeness (QED) is 0.605. The third-order valence-electron chi connectivity index (χ3n) is 3.89. The maximum atomic E-state index is 12.3. The van der Waals surface area contributed by atoms with Gasteiger partial charge in [-0.25, -0.2) is 0 Å². The lowest BCUT2D eigenvalue weighted by Crippen LogP contribution is -2.51. The second-order valence-electron chi connectivity index (χ2n) is 5.35. The largest absolute Gasteiger partial charge is 0.466 e. The summed E-state index contributed by atoms with van der Waals surface area (Å²) in [4.78, 5) is 23.6. The minimum absolute atomic E-state index is 0.174. The van der Waals surface area contributed by atoms with E-state index in [1.165, 1.54) is 0 Å². The van der Waals surface area contributed by atoms with Crippen LogP contribution in [0.5, 0.6) is 0 Å². The van der Waals surface area contributed by atoms with Crippen LogP contribution in [0.15, 0.2) is 0 Å². The third-order valence-corrected chi connectivity index (χ3v) is 4.24. The number of hydrogen-bond donors (Lipinski definition) is 1. The summed E-state index contributed by atoms with van der Waals surface area (Å²) in [7, 11) is 0. The van der Waals surface area contributed by atoms with Crippen LogP contribution in [0.2, 0.25) is 0 Å². The number of ether oxygens (including phenoxy) is 1. The molecule has 0 bridgehead atoms. The van der Waals surface area contributed by atoms with Crippen molar-refractivity contribution in [3.63, 3.8) is 0 Å². The Morgan fingerprint density at radius 1 is 1.24 bits per heavy atom. The zero-order chi connectivity index (χ0) is 15.2. The molecule has 0 radical (unpaired) electrons. The Morgan fingerprint density at radius 3 is 2.57 bits per heavy atom. The zero-order valence-electron chi connectivity index (χ0n) is 12.5. The van der Waals surface area contributed by atoms with E-state index in [4.69, 9.17) is 17.0 Å². The van der Waals surface area contributed by atoms with Gasteiger partial charge in [0, 0.05) is 25.6 Å². The highest BCUT2D eigenvalue weighted by Crippen LogP contribution is 2.29. The fraction of sp³-hybridized carbons (Fsp3) is 0.786. The summed E-state index contributed by atoms with van der Waals surface area (Å²) in [6.45, 7) is 4.08. The first-order valence-electron chi connectivity index (χ1n) is 7.65. The molecule has 0 unspecified atom stereocenters. The summed E-state index contributed by atoms with van der Waals surface area (Å²) in [6, 6.07) is 0. The first-order valence-corrected chi connectivity index (χ1v) is 8.06. The smallest absolute Gasteiger partial charge is 0.307 e. The summed E-state index contributed by atoms with van der Waals surface area (Å²) < 4.78 is 4.86. The minimum atomic E-state index is -0.239. The molecular formula is C14H23N3O3S. The van der Waals surface area contributed by atoms with E-state index in [9.17, 15) is 9.59 Å². The van der Waals surface area contributed by atoms with Crippen LogP contribution in [0.4, 0.5) is 0 Å². The van der Waals surface area contributed by atoms with Crippen molar-refractivity contribution in [2.45, 2.75) is 39.0 Å². The monoisotopic (exact) mass is 313 g/mol. The molecule has 1 heterocycles. The van der Waals surface area contributed by atoms with E-state index in [1.54, 1.807) is 11.9 Å². The van der Waals surface area contributed by atoms with Gasteiger partial charge in [-0.2, -0.15) is 0 Å². The van der Waals surface area contributed by atoms with Gasteiger partial charge in [-0.1, -0.05) is 6.42 Å². The highest BCUT2D eigenvalue weighted by Gasteiger charge is 2.35. The van der Waals surface area contributed by atoms with Gasteiger partial charge in [0.05, 0.1) is 13.0 Å². The molecule has 1 aliphatic heterocycles. The van der Waals surface area contributed by atoms with Crippen molar-refractivity contribution in [3.05, 3.63) is 0 Å². The van der Waals surface area contributed by atoms with Gasteiger partial charge in [0.2, 0.25) is 5.91 Å². The van der Waals surface area contributed by atoms with E-state index in [0.717, 1.165) is 38.8 Å². The molecule has 0 aromatic heterocycles. The summed E-state index contributed by atoms with van der Waals surface area (Å²) in [5.74, 6) is 0.123. The van der Waals surface area contributed by atoms with E-state index in [2.05, 4.69) is 5.32 Å². The molecule has 6 nitrogen and oxygen atoms in total. The highest BCUT2D eigenvalue weighted by molar-refractivity contribution is 7.80. The van der Waals surface area contributed by atoms with Gasteiger partial charge >= 0.3 is 5.97 Å². The molecule has 0 aromatic carbocycles. The number of nitrogens with one attached hydrogen (secondary N) is 1. The van der Waals surface area contributed by atoms with E-state index in [1.807, 2.05) is 5.01 Å². The molecule has 1 saturated carbocycles. The second-order valence-corrected chi connectivity index (χ2v) is 5.74. The number of amides is 1. The van der Waals surface area contributed by atoms with Crippen LogP contribution < -0.4 is 5.32 Å². The summed E-state index contributed by atoms with van der Waals surface area (Å²) in [5.41, 5.74) is 0. The van der Waals surface area contributed by atoms with Crippen LogP contribution in [0.1, 0.15) is 39.0 Å². The maximum absolute atomic E-state index is 12.3. The number of carbonyl (C=O) groups excluding carboxylic acids is 2. The molecule has 2 fully saturated rings. The Balaban J connectivity index is 1.77. The molecule has 7 heteroatoms. The zero-order valence-corrected chi connectivity index (χ0v) is 13.3. The second kappa shape index (κ2) is 7.59. The van der Waals surface area contributed by atoms with Crippen LogP contribution >= 0.6 is 12.2 Å². The van der Waals surface area contributed by atoms with Crippen molar-refractivity contribution in [3.8, 4) is 0 Å². The molecule has 1 N–H and O–H groups in total. The van der Waals surface area contributed by atoms with Crippen LogP contribution in [-0.2, 0) is 14.3 Å². The predicted molar refractivity (Wildman–Crippen MR) is 82.2 cm³/mol. The van der Waals surface area contributed by atoms with Gasteiger partial charge in [0.15, 0.2) is 5.11 Å². The van der Waals surface area contributed by atoms with Gasteiger partial charge in [-0.15, -0.1) is 0 Å². The SMILES string of the molecule is CCOC(=O)CCNC(=S)N1CCCN1C(=O)C1CCC1. The van der Waals surface area contributed by atoms with Crippen LogP contribution in [-0.4, -0.2) is 53.2 Å². The summed E-state index contributed by atoms with van der Waals surface area (Å²) in [5, 5.41) is 7.16. The van der Waals surface area contributed by atoms with Crippen molar-refractivity contribution in [1.82, 2.24) is 15.3 Å². The van der Waals surface area contributed by atoms with Crippen molar-refractivity contribution < 1.29 is 14.3 Å². The molecule has 1 aliphatic carbocycles. The number of carbonyl (C=O) groups is 2. The Hall–Kier alpha value is -1.37. The number of hydrogen-bond acceptors (Lipinski definition) is 4. The number of rotatable bonds is 5. The van der Waals surface area contributed by atoms with Crippen LogP contribution in [0.3, 0.4) is 0 Å². The fourth-order valence-corrected chi connectivity index (χ4v) is 2.81. The molecule has 21 heavy (non-hydrogen) atoms. The first kappa shape index (κ1) is 16.0. The average Bonchev–Trinajstić information content (AvgIpc) is 2.86. The predicted octanol–water partition coefficient (Wildman–Crippen LogP) is 1.06. The Labute approximate surface area is 130 Å². The van der Waals surface area contributed by atoms with Crippen LogP contribution in [0.25, 0.3) is 0 Å². The number of nitrogens with zero attached hydrogens (tertiary/aromatic N) is 2. The maximum Gasteiger partial charge on any atom is 0.307 e. The number of hydrazine groups is 1. The van der Waals surface area contributed by atoms with Crippen molar-refractivity contribution in [1.29, 1.82) is 0 Å². The third kappa shape index (κ3) is 4.06. The Kier molecular flexibility index (Phi) is 5.78. The topological polar surface area (TPSA) is 61.9 Å². The lowest BCUT2D eigenvalue weighted by Gasteiger charge is -2.35. The molecule has 118 valence electrons. The van der Waals surface area contributed by atoms with Crippen molar-refractivity contribution in [2.75, 3.05) is 26.2 Å². The average molecular weight is 313 g/mol. The molecule has 2 aliphatic rings. The lowest BCUT2D eigenvalue weighted by molar-refractivity contribution is -0.146. The number of thiocarbonyl (C=S) groups is 1. The van der Waals surface area contributed by atoms with E-state index < -0.39 is 0 Å². The van der Waals surface area contributed by atoms with Crippen molar-refractivity contribution in [2.24, 2.45) is 5.92 Å². The van der Waals surface area contributed by atoms with Crippen molar-refractivity contribution >= 4 is 29.2 Å². The van der Waals surface area contributed by atoms with Gasteiger partial charge < -0.3 is 10.1 Å². The summed E-state index contributed by atoms with van der Waals surface area (Å²) in [6.07, 6.45) is 4.33. The minimum Gasteiger partial charge on any atom is -0.466 e. The number of esters is 1. The molecule has 0 atom stereocenters. The van der Waals surface area contributed by atoms with E-state index in [-0.39, 0.29) is 24.2 Å². The van der Waals surface area contributed by atoms with Gasteiger partial charge in [-0.05, 0) is 38.4 Å². The standard InChI is InChI=1S/C14H23N3O3S/c1-2-20-12(18)7-8-15-14(21)17-10-4-9-16(17)13(19)11-5-3-6-11/h11H,2-10H2,1H3,(H,15,21). The van der Waals surface area contributed by atoms with Gasteiger partial charge in [-0.3, -0.25) is 19.6 Å². The molecule has 1 amide bonds. The highest BCUT2D eigenvalue weighted by atomic mass is 32.1. The molecule has 1 saturated heterocycles.